The van der Waals surface area contributed by atoms with Crippen molar-refractivity contribution in [3.63, 3.8) is 0 Å². The van der Waals surface area contributed by atoms with Crippen molar-refractivity contribution in [1.29, 1.82) is 0 Å². The molecule has 1 rings (SSSR count). The zero-order valence-corrected chi connectivity index (χ0v) is 11.9. The molecule has 0 aromatic carbocycles. The summed E-state index contributed by atoms with van der Waals surface area (Å²) >= 11 is 0. The van der Waals surface area contributed by atoms with Crippen LogP contribution in [0.2, 0.25) is 0 Å². The fourth-order valence-corrected chi connectivity index (χ4v) is 4.40. The Balaban J connectivity index is 2.65. The first-order valence-corrected chi connectivity index (χ1v) is 8.28. The highest BCUT2D eigenvalue weighted by molar-refractivity contribution is 7.89. The Hall–Kier alpha value is -0.130. The van der Waals surface area contributed by atoms with Crippen molar-refractivity contribution in [2.24, 2.45) is 11.7 Å². The Bertz CT molecular complexity index is 312. The topological polar surface area (TPSA) is 63.4 Å². The van der Waals surface area contributed by atoms with E-state index in [1.165, 1.54) is 0 Å². The van der Waals surface area contributed by atoms with E-state index in [1.807, 2.05) is 0 Å². The molecule has 0 amide bonds. The average Bonchev–Trinajstić information content (AvgIpc) is 2.28. The standard InChI is InChI=1S/C12H26N2O2S/c1-11(2)7-10-17(15,16)14-9-4-3-5-12(14)6-8-13/h11-12H,3-10,13H2,1-2H3. The first-order chi connectivity index (χ1) is 7.97. The Morgan fingerprint density at radius 1 is 1.35 bits per heavy atom. The number of sulfonamides is 1. The van der Waals surface area contributed by atoms with Crippen LogP contribution in [-0.2, 0) is 10.0 Å². The molecule has 1 aliphatic rings. The normalized spacial score (nSPS) is 23.2. The second-order valence-corrected chi connectivity index (χ2v) is 7.38. The van der Waals surface area contributed by atoms with E-state index in [-0.39, 0.29) is 11.8 Å². The van der Waals surface area contributed by atoms with Gasteiger partial charge in [0.15, 0.2) is 0 Å². The molecule has 0 aromatic rings. The number of hydrogen-bond acceptors (Lipinski definition) is 3. The molecule has 0 saturated carbocycles. The molecule has 0 aromatic heterocycles. The van der Waals surface area contributed by atoms with Gasteiger partial charge in [-0.15, -0.1) is 0 Å². The summed E-state index contributed by atoms with van der Waals surface area (Å²) in [5.74, 6) is 0.716. The van der Waals surface area contributed by atoms with Crippen molar-refractivity contribution in [2.45, 2.75) is 52.0 Å². The molecule has 0 bridgehead atoms. The maximum atomic E-state index is 12.3. The molecule has 1 fully saturated rings. The van der Waals surface area contributed by atoms with Gasteiger partial charge in [-0.3, -0.25) is 0 Å². The molecule has 102 valence electrons. The zero-order chi connectivity index (χ0) is 12.9. The zero-order valence-electron chi connectivity index (χ0n) is 11.1. The molecule has 17 heavy (non-hydrogen) atoms. The van der Waals surface area contributed by atoms with Gasteiger partial charge in [0, 0.05) is 12.6 Å². The maximum Gasteiger partial charge on any atom is 0.214 e. The lowest BCUT2D eigenvalue weighted by molar-refractivity contribution is 0.243. The highest BCUT2D eigenvalue weighted by Gasteiger charge is 2.31. The summed E-state index contributed by atoms with van der Waals surface area (Å²) in [6.45, 7) is 5.37. The third-order valence-electron chi connectivity index (χ3n) is 3.38. The van der Waals surface area contributed by atoms with Gasteiger partial charge in [0.1, 0.15) is 0 Å². The third kappa shape index (κ3) is 4.56. The van der Waals surface area contributed by atoms with Crippen molar-refractivity contribution in [3.05, 3.63) is 0 Å². The lowest BCUT2D eigenvalue weighted by Gasteiger charge is -2.34. The van der Waals surface area contributed by atoms with Gasteiger partial charge in [0.2, 0.25) is 10.0 Å². The fourth-order valence-electron chi connectivity index (χ4n) is 2.32. The summed E-state index contributed by atoms with van der Waals surface area (Å²) in [6, 6.07) is 0.144. The second kappa shape index (κ2) is 6.71. The summed E-state index contributed by atoms with van der Waals surface area (Å²) in [5.41, 5.74) is 5.57. The van der Waals surface area contributed by atoms with E-state index >= 15 is 0 Å². The molecule has 0 radical (unpaired) electrons. The summed E-state index contributed by atoms with van der Waals surface area (Å²) in [7, 11) is -3.07. The molecule has 5 heteroatoms. The van der Waals surface area contributed by atoms with E-state index in [4.69, 9.17) is 5.73 Å². The lowest BCUT2D eigenvalue weighted by atomic mass is 10.0. The van der Waals surface area contributed by atoms with Gasteiger partial charge in [0.05, 0.1) is 5.75 Å². The molecule has 1 aliphatic heterocycles. The lowest BCUT2D eigenvalue weighted by Crippen LogP contribution is -2.45. The number of nitrogens with zero attached hydrogens (tertiary/aromatic N) is 1. The van der Waals surface area contributed by atoms with Gasteiger partial charge in [-0.25, -0.2) is 8.42 Å². The molecule has 1 unspecified atom stereocenters. The van der Waals surface area contributed by atoms with E-state index in [9.17, 15) is 8.42 Å². The van der Waals surface area contributed by atoms with Crippen LogP contribution in [0, 0.1) is 5.92 Å². The van der Waals surface area contributed by atoms with Crippen LogP contribution in [0.15, 0.2) is 0 Å². The SMILES string of the molecule is CC(C)CCS(=O)(=O)N1CCCCC1CCN. The van der Waals surface area contributed by atoms with Gasteiger partial charge in [0.25, 0.3) is 0 Å². The van der Waals surface area contributed by atoms with Crippen LogP contribution in [0.3, 0.4) is 0 Å². The number of rotatable bonds is 6. The van der Waals surface area contributed by atoms with Crippen LogP contribution in [0.1, 0.15) is 46.0 Å². The number of hydrogen-bond donors (Lipinski definition) is 1. The van der Waals surface area contributed by atoms with Crippen molar-refractivity contribution in [3.8, 4) is 0 Å². The first kappa shape index (κ1) is 14.9. The predicted molar refractivity (Wildman–Crippen MR) is 71.3 cm³/mol. The van der Waals surface area contributed by atoms with E-state index < -0.39 is 10.0 Å². The average molecular weight is 262 g/mol. The van der Waals surface area contributed by atoms with Crippen molar-refractivity contribution >= 4 is 10.0 Å². The highest BCUT2D eigenvalue weighted by atomic mass is 32.2. The number of nitrogens with two attached hydrogens (primary N) is 1. The second-order valence-electron chi connectivity index (χ2n) is 5.34. The van der Waals surface area contributed by atoms with Crippen LogP contribution in [0.25, 0.3) is 0 Å². The molecule has 2 N–H and O–H groups in total. The summed E-state index contributed by atoms with van der Waals surface area (Å²) in [6.07, 6.45) is 4.62. The quantitative estimate of drug-likeness (QED) is 0.790. The van der Waals surface area contributed by atoms with Gasteiger partial charge in [-0.1, -0.05) is 20.3 Å². The van der Waals surface area contributed by atoms with Gasteiger partial charge in [-0.05, 0) is 38.1 Å². The van der Waals surface area contributed by atoms with Crippen LogP contribution in [-0.4, -0.2) is 37.6 Å². The molecule has 0 spiro atoms. The predicted octanol–water partition coefficient (Wildman–Crippen LogP) is 1.57. The van der Waals surface area contributed by atoms with Crippen molar-refractivity contribution in [2.75, 3.05) is 18.8 Å². The van der Waals surface area contributed by atoms with Crippen molar-refractivity contribution < 1.29 is 8.42 Å². The minimum absolute atomic E-state index is 0.144. The monoisotopic (exact) mass is 262 g/mol. The Labute approximate surface area is 106 Å². The number of piperidine rings is 1. The Morgan fingerprint density at radius 2 is 2.06 bits per heavy atom. The minimum Gasteiger partial charge on any atom is -0.330 e. The van der Waals surface area contributed by atoms with E-state index in [0.29, 0.717) is 19.0 Å². The van der Waals surface area contributed by atoms with Gasteiger partial charge < -0.3 is 5.73 Å². The molecular weight excluding hydrogens is 236 g/mol. The smallest absolute Gasteiger partial charge is 0.214 e. The van der Waals surface area contributed by atoms with E-state index in [1.54, 1.807) is 4.31 Å². The highest BCUT2D eigenvalue weighted by Crippen LogP contribution is 2.23. The maximum absolute atomic E-state index is 12.3. The molecule has 0 aliphatic carbocycles. The first-order valence-electron chi connectivity index (χ1n) is 6.67. The van der Waals surface area contributed by atoms with Crippen LogP contribution >= 0.6 is 0 Å². The summed E-state index contributed by atoms with van der Waals surface area (Å²) < 4.78 is 26.2. The van der Waals surface area contributed by atoms with Crippen molar-refractivity contribution in [1.82, 2.24) is 4.31 Å². The van der Waals surface area contributed by atoms with E-state index in [0.717, 1.165) is 32.1 Å². The summed E-state index contributed by atoms with van der Waals surface area (Å²) in [5, 5.41) is 0. The van der Waals surface area contributed by atoms with Gasteiger partial charge in [-0.2, -0.15) is 4.31 Å². The van der Waals surface area contributed by atoms with E-state index in [2.05, 4.69) is 13.8 Å². The third-order valence-corrected chi connectivity index (χ3v) is 5.33. The molecule has 4 nitrogen and oxygen atoms in total. The fraction of sp³-hybridized carbons (Fsp3) is 1.00. The minimum atomic E-state index is -3.07. The van der Waals surface area contributed by atoms with Gasteiger partial charge >= 0.3 is 0 Å². The Morgan fingerprint density at radius 3 is 2.65 bits per heavy atom. The largest absolute Gasteiger partial charge is 0.330 e. The molecule has 1 saturated heterocycles. The molecule has 1 atom stereocenters. The Kier molecular flexibility index (Phi) is 5.89. The van der Waals surface area contributed by atoms with Crippen LogP contribution in [0.4, 0.5) is 0 Å². The van der Waals surface area contributed by atoms with Crippen LogP contribution < -0.4 is 5.73 Å². The molecular formula is C12H26N2O2S. The van der Waals surface area contributed by atoms with Crippen LogP contribution in [0.5, 0.6) is 0 Å². The summed E-state index contributed by atoms with van der Waals surface area (Å²) in [4.78, 5) is 0. The molecule has 1 heterocycles.